The van der Waals surface area contributed by atoms with Crippen molar-refractivity contribution < 1.29 is 31.5 Å². The zero-order valence-corrected chi connectivity index (χ0v) is 17.5. The van der Waals surface area contributed by atoms with E-state index < -0.39 is 22.5 Å². The average molecular weight is 454 g/mol. The normalized spacial score (nSPS) is 16.4. The first-order chi connectivity index (χ1) is 14.8. The molecule has 0 saturated carbocycles. The quantitative estimate of drug-likeness (QED) is 0.576. The molecular formula is C21H24F2N2O5S. The van der Waals surface area contributed by atoms with Gasteiger partial charge in [-0.1, -0.05) is 18.2 Å². The zero-order valence-electron chi connectivity index (χ0n) is 16.7. The van der Waals surface area contributed by atoms with Gasteiger partial charge in [-0.05, 0) is 55.2 Å². The fourth-order valence-electron chi connectivity index (χ4n) is 3.16. The first kappa shape index (κ1) is 23.1. The Morgan fingerprint density at radius 2 is 1.97 bits per heavy atom. The molecule has 2 N–H and O–H groups in total. The van der Waals surface area contributed by atoms with Crippen molar-refractivity contribution >= 4 is 15.9 Å². The van der Waals surface area contributed by atoms with Crippen LogP contribution in [0.3, 0.4) is 0 Å². The van der Waals surface area contributed by atoms with Crippen LogP contribution >= 0.6 is 0 Å². The Morgan fingerprint density at radius 3 is 2.65 bits per heavy atom. The number of nitrogens with one attached hydrogen (secondary N) is 2. The molecule has 7 nitrogen and oxygen atoms in total. The SMILES string of the molecule is O=C(NCCc1ccc(OC(F)F)cc1)c1cccc(S(=O)(=O)NCC2CCCO2)c1. The van der Waals surface area contributed by atoms with Gasteiger partial charge in [-0.2, -0.15) is 8.78 Å². The van der Waals surface area contributed by atoms with Gasteiger partial charge in [-0.3, -0.25) is 4.79 Å². The number of rotatable bonds is 10. The van der Waals surface area contributed by atoms with Crippen LogP contribution in [0, 0.1) is 0 Å². The van der Waals surface area contributed by atoms with Crippen molar-refractivity contribution in [3.63, 3.8) is 0 Å². The summed E-state index contributed by atoms with van der Waals surface area (Å²) in [6.45, 7) is -1.76. The highest BCUT2D eigenvalue weighted by Gasteiger charge is 2.21. The maximum atomic E-state index is 12.5. The maximum Gasteiger partial charge on any atom is 0.387 e. The van der Waals surface area contributed by atoms with Crippen LogP contribution in [-0.2, 0) is 21.2 Å². The molecule has 31 heavy (non-hydrogen) atoms. The lowest BCUT2D eigenvalue weighted by Crippen LogP contribution is -2.32. The lowest BCUT2D eigenvalue weighted by Gasteiger charge is -2.12. The Kier molecular flexibility index (Phi) is 7.94. The highest BCUT2D eigenvalue weighted by molar-refractivity contribution is 7.89. The minimum atomic E-state index is -3.76. The van der Waals surface area contributed by atoms with Crippen molar-refractivity contribution in [1.82, 2.24) is 10.0 Å². The summed E-state index contributed by atoms with van der Waals surface area (Å²) >= 11 is 0. The lowest BCUT2D eigenvalue weighted by atomic mass is 10.1. The molecule has 1 unspecified atom stereocenters. The molecule has 0 spiro atoms. The van der Waals surface area contributed by atoms with E-state index in [9.17, 15) is 22.0 Å². The Balaban J connectivity index is 1.52. The Morgan fingerprint density at radius 1 is 1.19 bits per heavy atom. The van der Waals surface area contributed by atoms with Gasteiger partial charge in [0, 0.05) is 25.3 Å². The van der Waals surface area contributed by atoms with E-state index in [-0.39, 0.29) is 28.9 Å². The molecule has 1 aliphatic rings. The highest BCUT2D eigenvalue weighted by atomic mass is 32.2. The van der Waals surface area contributed by atoms with Crippen LogP contribution < -0.4 is 14.8 Å². The van der Waals surface area contributed by atoms with E-state index in [1.54, 1.807) is 12.1 Å². The number of ether oxygens (including phenoxy) is 2. The van der Waals surface area contributed by atoms with Gasteiger partial charge in [0.05, 0.1) is 11.0 Å². The number of carbonyl (C=O) groups excluding carboxylic acids is 1. The Bertz CT molecular complexity index is 978. The van der Waals surface area contributed by atoms with Crippen LogP contribution in [0.4, 0.5) is 8.78 Å². The van der Waals surface area contributed by atoms with E-state index in [1.807, 2.05) is 0 Å². The van der Waals surface area contributed by atoms with Crippen molar-refractivity contribution in [3.8, 4) is 5.75 Å². The molecule has 1 saturated heterocycles. The summed E-state index contributed by atoms with van der Waals surface area (Å²) in [4.78, 5) is 12.4. The van der Waals surface area contributed by atoms with Crippen molar-refractivity contribution in [2.24, 2.45) is 0 Å². The molecule has 1 amide bonds. The van der Waals surface area contributed by atoms with Gasteiger partial charge in [0.2, 0.25) is 10.0 Å². The third-order valence-corrected chi connectivity index (χ3v) is 6.20. The molecule has 168 valence electrons. The Labute approximate surface area is 179 Å². The molecule has 1 aliphatic heterocycles. The van der Waals surface area contributed by atoms with Gasteiger partial charge in [-0.25, -0.2) is 13.1 Å². The molecule has 1 fully saturated rings. The number of amides is 1. The molecular weight excluding hydrogens is 430 g/mol. The van der Waals surface area contributed by atoms with E-state index in [0.717, 1.165) is 18.4 Å². The van der Waals surface area contributed by atoms with E-state index in [2.05, 4.69) is 14.8 Å². The van der Waals surface area contributed by atoms with Gasteiger partial charge in [0.15, 0.2) is 0 Å². The second-order valence-corrected chi connectivity index (χ2v) is 8.81. The van der Waals surface area contributed by atoms with Crippen molar-refractivity contribution in [1.29, 1.82) is 0 Å². The van der Waals surface area contributed by atoms with Crippen LogP contribution in [0.1, 0.15) is 28.8 Å². The largest absolute Gasteiger partial charge is 0.435 e. The van der Waals surface area contributed by atoms with E-state index in [0.29, 0.717) is 19.6 Å². The molecule has 0 aliphatic carbocycles. The monoisotopic (exact) mass is 454 g/mol. The van der Waals surface area contributed by atoms with Gasteiger partial charge in [0.1, 0.15) is 5.75 Å². The molecule has 2 aromatic rings. The summed E-state index contributed by atoms with van der Waals surface area (Å²) in [5, 5.41) is 2.72. The van der Waals surface area contributed by atoms with Crippen LogP contribution in [0.25, 0.3) is 0 Å². The minimum absolute atomic E-state index is 0.00719. The predicted octanol–water partition coefficient (Wildman–Crippen LogP) is 2.72. The fraction of sp³-hybridized carbons (Fsp3) is 0.381. The number of benzene rings is 2. The third kappa shape index (κ3) is 6.98. The average Bonchev–Trinajstić information content (AvgIpc) is 3.27. The van der Waals surface area contributed by atoms with E-state index in [4.69, 9.17) is 4.74 Å². The standard InChI is InChI=1S/C21H24F2N2O5S/c22-21(23)30-17-8-6-15(7-9-17)10-11-24-20(26)16-3-1-5-19(13-16)31(27,28)25-14-18-4-2-12-29-18/h1,3,5-9,13,18,21,25H,2,4,10-12,14H2,(H,24,26). The summed E-state index contributed by atoms with van der Waals surface area (Å²) in [5.74, 6) is -0.345. The number of halogens is 2. The molecule has 3 rings (SSSR count). The number of alkyl halides is 2. The van der Waals surface area contributed by atoms with Gasteiger partial charge < -0.3 is 14.8 Å². The minimum Gasteiger partial charge on any atom is -0.435 e. The second-order valence-electron chi connectivity index (χ2n) is 7.04. The molecule has 0 bridgehead atoms. The molecule has 1 atom stereocenters. The number of carbonyl (C=O) groups is 1. The van der Waals surface area contributed by atoms with Crippen molar-refractivity contribution in [3.05, 3.63) is 59.7 Å². The van der Waals surface area contributed by atoms with Crippen LogP contribution in [0.2, 0.25) is 0 Å². The molecule has 10 heteroatoms. The van der Waals surface area contributed by atoms with Crippen molar-refractivity contribution in [2.45, 2.75) is 36.9 Å². The molecule has 2 aromatic carbocycles. The molecule has 1 heterocycles. The number of sulfonamides is 1. The first-order valence-corrected chi connectivity index (χ1v) is 11.3. The van der Waals surface area contributed by atoms with Gasteiger partial charge in [-0.15, -0.1) is 0 Å². The highest BCUT2D eigenvalue weighted by Crippen LogP contribution is 2.16. The molecule has 0 radical (unpaired) electrons. The smallest absolute Gasteiger partial charge is 0.387 e. The summed E-state index contributed by atoms with van der Waals surface area (Å²) in [6, 6.07) is 11.9. The Hall–Kier alpha value is -2.56. The summed E-state index contributed by atoms with van der Waals surface area (Å²) in [7, 11) is -3.76. The first-order valence-electron chi connectivity index (χ1n) is 9.87. The van der Waals surface area contributed by atoms with Crippen molar-refractivity contribution in [2.75, 3.05) is 19.7 Å². The summed E-state index contributed by atoms with van der Waals surface area (Å²) < 4.78 is 61.6. The zero-order chi connectivity index (χ0) is 22.3. The van der Waals surface area contributed by atoms with Gasteiger partial charge >= 0.3 is 6.61 Å². The lowest BCUT2D eigenvalue weighted by molar-refractivity contribution is -0.0498. The summed E-state index contributed by atoms with van der Waals surface area (Å²) in [5.41, 5.74) is 1.05. The number of hydrogen-bond acceptors (Lipinski definition) is 5. The molecule has 0 aromatic heterocycles. The predicted molar refractivity (Wildman–Crippen MR) is 110 cm³/mol. The topological polar surface area (TPSA) is 93.7 Å². The van der Waals surface area contributed by atoms with E-state index >= 15 is 0 Å². The van der Waals surface area contributed by atoms with E-state index in [1.165, 1.54) is 36.4 Å². The second kappa shape index (κ2) is 10.7. The maximum absolute atomic E-state index is 12.5. The van der Waals surface area contributed by atoms with Gasteiger partial charge in [0.25, 0.3) is 5.91 Å². The fourth-order valence-corrected chi connectivity index (χ4v) is 4.27. The van der Waals surface area contributed by atoms with Crippen LogP contribution in [-0.4, -0.2) is 46.7 Å². The number of hydrogen-bond donors (Lipinski definition) is 2. The third-order valence-electron chi connectivity index (χ3n) is 4.78. The van der Waals surface area contributed by atoms with Crippen LogP contribution in [0.5, 0.6) is 5.75 Å². The van der Waals surface area contributed by atoms with Crippen LogP contribution in [0.15, 0.2) is 53.4 Å². The summed E-state index contributed by atoms with van der Waals surface area (Å²) in [6.07, 6.45) is 2.07.